The van der Waals surface area contributed by atoms with E-state index in [-0.39, 0.29) is 5.91 Å². The Morgan fingerprint density at radius 1 is 1.00 bits per heavy atom. The Kier molecular flexibility index (Phi) is 7.01. The van der Waals surface area contributed by atoms with E-state index >= 15 is 0 Å². The van der Waals surface area contributed by atoms with Crippen LogP contribution in [0.25, 0.3) is 0 Å². The van der Waals surface area contributed by atoms with Gasteiger partial charge >= 0.3 is 0 Å². The lowest BCUT2D eigenvalue weighted by Crippen LogP contribution is -2.37. The first kappa shape index (κ1) is 19.6. The van der Waals surface area contributed by atoms with Crippen molar-refractivity contribution in [2.24, 2.45) is 0 Å². The fourth-order valence-electron chi connectivity index (χ4n) is 2.77. The molecule has 0 N–H and O–H groups in total. The van der Waals surface area contributed by atoms with Gasteiger partial charge in [0.05, 0.1) is 5.75 Å². The minimum Gasteiger partial charge on any atom is -0.486 e. The van der Waals surface area contributed by atoms with E-state index in [1.807, 2.05) is 55.4 Å². The highest BCUT2D eigenvalue weighted by molar-refractivity contribution is 8.00. The maximum absolute atomic E-state index is 12.9. The number of carbonyl (C=O) groups is 1. The molecule has 6 heteroatoms. The van der Waals surface area contributed by atoms with Gasteiger partial charge in [0.1, 0.15) is 13.2 Å². The van der Waals surface area contributed by atoms with Gasteiger partial charge in [0.25, 0.3) is 0 Å². The SMILES string of the molecule is CN(C)CCN(Cc1ccccc1)C(=O)CSc1ccc2c(c1)OCCO2. The summed E-state index contributed by atoms with van der Waals surface area (Å²) in [6.45, 7) is 3.33. The number of benzene rings is 2. The minimum atomic E-state index is 0.139. The molecule has 1 amide bonds. The standard InChI is InChI=1S/C21H26N2O3S/c1-22(2)10-11-23(15-17-6-4-3-5-7-17)21(24)16-27-18-8-9-19-20(14-18)26-13-12-25-19/h3-9,14H,10-13,15-16H2,1-2H3. The first-order valence-electron chi connectivity index (χ1n) is 9.11. The fraction of sp³-hybridized carbons (Fsp3) is 0.381. The van der Waals surface area contributed by atoms with Crippen LogP contribution in [-0.2, 0) is 11.3 Å². The van der Waals surface area contributed by atoms with Gasteiger partial charge in [-0.2, -0.15) is 0 Å². The highest BCUT2D eigenvalue weighted by Crippen LogP contribution is 2.34. The molecule has 0 aliphatic carbocycles. The van der Waals surface area contributed by atoms with Crippen molar-refractivity contribution < 1.29 is 14.3 Å². The number of likely N-dealkylation sites (N-methyl/N-ethyl adjacent to an activating group) is 1. The minimum absolute atomic E-state index is 0.139. The van der Waals surface area contributed by atoms with Crippen molar-refractivity contribution in [3.63, 3.8) is 0 Å². The van der Waals surface area contributed by atoms with Gasteiger partial charge in [-0.25, -0.2) is 0 Å². The smallest absolute Gasteiger partial charge is 0.233 e. The Hall–Kier alpha value is -2.18. The van der Waals surface area contributed by atoms with E-state index in [2.05, 4.69) is 17.0 Å². The molecule has 2 aromatic rings. The Bertz CT molecular complexity index is 752. The summed E-state index contributed by atoms with van der Waals surface area (Å²) in [7, 11) is 4.05. The number of ether oxygens (including phenoxy) is 2. The third kappa shape index (κ3) is 5.91. The lowest BCUT2D eigenvalue weighted by atomic mass is 10.2. The van der Waals surface area contributed by atoms with Crippen LogP contribution in [0.5, 0.6) is 11.5 Å². The quantitative estimate of drug-likeness (QED) is 0.652. The van der Waals surface area contributed by atoms with Gasteiger partial charge in [0.15, 0.2) is 11.5 Å². The predicted molar refractivity (Wildman–Crippen MR) is 109 cm³/mol. The average molecular weight is 387 g/mol. The summed E-state index contributed by atoms with van der Waals surface area (Å²) in [4.78, 5) is 17.9. The van der Waals surface area contributed by atoms with E-state index < -0.39 is 0 Å². The molecule has 1 heterocycles. The molecule has 0 aromatic heterocycles. The second kappa shape index (κ2) is 9.67. The zero-order chi connectivity index (χ0) is 19.1. The number of hydrogen-bond donors (Lipinski definition) is 0. The maximum atomic E-state index is 12.9. The molecule has 3 rings (SSSR count). The normalized spacial score (nSPS) is 12.9. The Balaban J connectivity index is 1.61. The highest BCUT2D eigenvalue weighted by Gasteiger charge is 2.16. The molecule has 0 unspecified atom stereocenters. The van der Waals surface area contributed by atoms with E-state index in [9.17, 15) is 4.79 Å². The third-order valence-electron chi connectivity index (χ3n) is 4.26. The molecule has 0 fully saturated rings. The van der Waals surface area contributed by atoms with Crippen LogP contribution in [0.1, 0.15) is 5.56 Å². The van der Waals surface area contributed by atoms with Gasteiger partial charge in [-0.3, -0.25) is 4.79 Å². The number of thioether (sulfide) groups is 1. The van der Waals surface area contributed by atoms with Crippen LogP contribution in [0, 0.1) is 0 Å². The molecule has 0 atom stereocenters. The summed E-state index contributed by atoms with van der Waals surface area (Å²) in [5.74, 6) is 2.07. The van der Waals surface area contributed by atoms with E-state index in [4.69, 9.17) is 9.47 Å². The predicted octanol–water partition coefficient (Wildman–Crippen LogP) is 3.14. The van der Waals surface area contributed by atoms with Crippen LogP contribution in [0.4, 0.5) is 0 Å². The third-order valence-corrected chi connectivity index (χ3v) is 5.24. The van der Waals surface area contributed by atoms with Gasteiger partial charge in [0, 0.05) is 24.5 Å². The monoisotopic (exact) mass is 386 g/mol. The van der Waals surface area contributed by atoms with Crippen LogP contribution >= 0.6 is 11.8 Å². The largest absolute Gasteiger partial charge is 0.486 e. The number of fused-ring (bicyclic) bond motifs is 1. The molecule has 0 saturated carbocycles. The van der Waals surface area contributed by atoms with Crippen molar-refractivity contribution in [3.05, 3.63) is 54.1 Å². The van der Waals surface area contributed by atoms with Gasteiger partial charge in [-0.05, 0) is 37.9 Å². The van der Waals surface area contributed by atoms with E-state index in [1.165, 1.54) is 11.8 Å². The zero-order valence-electron chi connectivity index (χ0n) is 15.9. The van der Waals surface area contributed by atoms with E-state index in [0.717, 1.165) is 28.5 Å². The lowest BCUT2D eigenvalue weighted by molar-refractivity contribution is -0.129. The van der Waals surface area contributed by atoms with Gasteiger partial charge in [-0.15, -0.1) is 11.8 Å². The molecule has 0 spiro atoms. The van der Waals surface area contributed by atoms with Crippen LogP contribution < -0.4 is 9.47 Å². The molecule has 1 aliphatic rings. The van der Waals surface area contributed by atoms with Crippen molar-refractivity contribution in [2.75, 3.05) is 46.2 Å². The molecule has 0 radical (unpaired) electrons. The van der Waals surface area contributed by atoms with Crippen molar-refractivity contribution in [1.29, 1.82) is 0 Å². The molecule has 0 saturated heterocycles. The van der Waals surface area contributed by atoms with Crippen LogP contribution in [-0.4, -0.2) is 61.9 Å². The first-order chi connectivity index (χ1) is 13.1. The van der Waals surface area contributed by atoms with Crippen molar-refractivity contribution >= 4 is 17.7 Å². The summed E-state index contributed by atoms with van der Waals surface area (Å²) < 4.78 is 11.2. The second-order valence-electron chi connectivity index (χ2n) is 6.70. The highest BCUT2D eigenvalue weighted by atomic mass is 32.2. The lowest BCUT2D eigenvalue weighted by Gasteiger charge is -2.24. The van der Waals surface area contributed by atoms with Crippen LogP contribution in [0.2, 0.25) is 0 Å². The van der Waals surface area contributed by atoms with E-state index in [1.54, 1.807) is 0 Å². The molecule has 144 valence electrons. The Morgan fingerprint density at radius 3 is 2.48 bits per heavy atom. The van der Waals surface area contributed by atoms with Crippen LogP contribution in [0.3, 0.4) is 0 Å². The average Bonchev–Trinajstić information content (AvgIpc) is 2.69. The molecule has 27 heavy (non-hydrogen) atoms. The first-order valence-corrected chi connectivity index (χ1v) is 10.1. The summed E-state index contributed by atoms with van der Waals surface area (Å²) in [5, 5.41) is 0. The molecule has 1 aliphatic heterocycles. The van der Waals surface area contributed by atoms with E-state index in [0.29, 0.717) is 32.1 Å². The summed E-state index contributed by atoms with van der Waals surface area (Å²) in [6, 6.07) is 16.0. The second-order valence-corrected chi connectivity index (χ2v) is 7.75. The summed E-state index contributed by atoms with van der Waals surface area (Å²) in [6.07, 6.45) is 0. The molecular weight excluding hydrogens is 360 g/mol. The Morgan fingerprint density at radius 2 is 1.74 bits per heavy atom. The number of rotatable bonds is 8. The number of carbonyl (C=O) groups excluding carboxylic acids is 1. The van der Waals surface area contributed by atoms with Gasteiger partial charge in [0.2, 0.25) is 5.91 Å². The van der Waals surface area contributed by atoms with Crippen molar-refractivity contribution in [3.8, 4) is 11.5 Å². The maximum Gasteiger partial charge on any atom is 0.233 e. The fourth-order valence-corrected chi connectivity index (χ4v) is 3.59. The molecular formula is C21H26N2O3S. The molecule has 5 nitrogen and oxygen atoms in total. The van der Waals surface area contributed by atoms with Crippen molar-refractivity contribution in [2.45, 2.75) is 11.4 Å². The number of hydrogen-bond acceptors (Lipinski definition) is 5. The van der Waals surface area contributed by atoms with Gasteiger partial charge < -0.3 is 19.3 Å². The Labute approximate surface area is 165 Å². The topological polar surface area (TPSA) is 42.0 Å². The summed E-state index contributed by atoms with van der Waals surface area (Å²) in [5.41, 5.74) is 1.15. The molecule has 2 aromatic carbocycles. The number of amides is 1. The van der Waals surface area contributed by atoms with Crippen LogP contribution in [0.15, 0.2) is 53.4 Å². The zero-order valence-corrected chi connectivity index (χ0v) is 16.7. The summed E-state index contributed by atoms with van der Waals surface area (Å²) >= 11 is 1.53. The van der Waals surface area contributed by atoms with Crippen molar-refractivity contribution in [1.82, 2.24) is 9.80 Å². The van der Waals surface area contributed by atoms with Gasteiger partial charge in [-0.1, -0.05) is 30.3 Å². The molecule has 0 bridgehead atoms. The number of nitrogens with zero attached hydrogens (tertiary/aromatic N) is 2.